The van der Waals surface area contributed by atoms with Crippen molar-refractivity contribution in [3.8, 4) is 0 Å². The maximum Gasteiger partial charge on any atom is 0.337 e. The lowest BCUT2D eigenvalue weighted by Crippen LogP contribution is -2.48. The van der Waals surface area contributed by atoms with E-state index in [4.69, 9.17) is 4.74 Å². The SMILES string of the molecule is COC(=O)c1ccc([C@@H](C(=O)NC2CCCCC2)N(C(=O)Cn2nnc3ccccc32)c2ccc(C(C)=O)cc2)cc1. The minimum absolute atomic E-state index is 0.000563. The van der Waals surface area contributed by atoms with Crippen LogP contribution in [0.15, 0.2) is 72.8 Å². The molecule has 0 bridgehead atoms. The van der Waals surface area contributed by atoms with Gasteiger partial charge in [-0.1, -0.05) is 48.7 Å². The number of carbonyl (C=O) groups is 4. The minimum atomic E-state index is -1.07. The maximum absolute atomic E-state index is 14.2. The summed E-state index contributed by atoms with van der Waals surface area (Å²) in [5, 5.41) is 11.5. The van der Waals surface area contributed by atoms with Gasteiger partial charge in [0.15, 0.2) is 5.78 Å². The monoisotopic (exact) mass is 567 g/mol. The molecule has 10 heteroatoms. The molecule has 1 N–H and O–H groups in total. The summed E-state index contributed by atoms with van der Waals surface area (Å²) in [4.78, 5) is 53.9. The van der Waals surface area contributed by atoms with E-state index in [1.54, 1.807) is 48.5 Å². The first-order valence-electron chi connectivity index (χ1n) is 14.1. The van der Waals surface area contributed by atoms with Gasteiger partial charge in [-0.3, -0.25) is 19.3 Å². The molecule has 1 heterocycles. The van der Waals surface area contributed by atoms with Crippen LogP contribution in [0.4, 0.5) is 5.69 Å². The van der Waals surface area contributed by atoms with E-state index in [2.05, 4.69) is 15.6 Å². The number of ketones is 1. The summed E-state index contributed by atoms with van der Waals surface area (Å²) in [6.07, 6.45) is 4.91. The first-order valence-corrected chi connectivity index (χ1v) is 14.1. The number of aromatic nitrogens is 3. The van der Waals surface area contributed by atoms with Gasteiger partial charge >= 0.3 is 5.97 Å². The molecular formula is C32H33N5O5. The molecule has 216 valence electrons. The number of Topliss-reactive ketones (excluding diaryl/α,β-unsaturated/α-hetero) is 1. The van der Waals surface area contributed by atoms with Crippen molar-refractivity contribution in [2.45, 2.75) is 57.7 Å². The number of nitrogens with zero attached hydrogens (tertiary/aromatic N) is 4. The van der Waals surface area contributed by atoms with Gasteiger partial charge in [-0.05, 0) is 73.9 Å². The van der Waals surface area contributed by atoms with Crippen LogP contribution in [0.1, 0.15) is 71.3 Å². The van der Waals surface area contributed by atoms with Crippen LogP contribution in [0.2, 0.25) is 0 Å². The number of methoxy groups -OCH3 is 1. The van der Waals surface area contributed by atoms with Crippen molar-refractivity contribution < 1.29 is 23.9 Å². The molecule has 2 amide bonds. The highest BCUT2D eigenvalue weighted by Crippen LogP contribution is 2.30. The molecule has 4 aromatic rings. The predicted octanol–water partition coefficient (Wildman–Crippen LogP) is 4.64. The van der Waals surface area contributed by atoms with Crippen molar-refractivity contribution in [3.05, 3.63) is 89.5 Å². The van der Waals surface area contributed by atoms with E-state index in [0.29, 0.717) is 33.4 Å². The third-order valence-electron chi connectivity index (χ3n) is 7.63. The van der Waals surface area contributed by atoms with Gasteiger partial charge in [0.2, 0.25) is 11.8 Å². The summed E-state index contributed by atoms with van der Waals surface area (Å²) in [7, 11) is 1.30. The van der Waals surface area contributed by atoms with E-state index in [1.165, 1.54) is 23.6 Å². The highest BCUT2D eigenvalue weighted by Gasteiger charge is 2.34. The Morgan fingerprint density at radius 2 is 1.60 bits per heavy atom. The van der Waals surface area contributed by atoms with E-state index < -0.39 is 17.9 Å². The van der Waals surface area contributed by atoms with Crippen LogP contribution in [0.5, 0.6) is 0 Å². The number of amides is 2. The highest BCUT2D eigenvalue weighted by atomic mass is 16.5. The topological polar surface area (TPSA) is 123 Å². The number of para-hydroxylation sites is 1. The van der Waals surface area contributed by atoms with Gasteiger partial charge in [0.25, 0.3) is 0 Å². The number of carbonyl (C=O) groups excluding carboxylic acids is 4. The van der Waals surface area contributed by atoms with E-state index in [0.717, 1.165) is 32.1 Å². The van der Waals surface area contributed by atoms with Crippen molar-refractivity contribution in [1.82, 2.24) is 20.3 Å². The minimum Gasteiger partial charge on any atom is -0.465 e. The molecule has 0 aliphatic heterocycles. The Morgan fingerprint density at radius 3 is 2.26 bits per heavy atom. The maximum atomic E-state index is 14.2. The molecule has 1 aliphatic carbocycles. The van der Waals surface area contributed by atoms with E-state index in [9.17, 15) is 19.2 Å². The molecule has 1 saturated carbocycles. The third-order valence-corrected chi connectivity index (χ3v) is 7.63. The number of anilines is 1. The molecule has 3 aromatic carbocycles. The van der Waals surface area contributed by atoms with Crippen LogP contribution < -0.4 is 10.2 Å². The Balaban J connectivity index is 1.58. The van der Waals surface area contributed by atoms with E-state index in [1.807, 2.05) is 24.3 Å². The zero-order chi connectivity index (χ0) is 29.6. The summed E-state index contributed by atoms with van der Waals surface area (Å²) in [6.45, 7) is 1.29. The van der Waals surface area contributed by atoms with Crippen LogP contribution in [0, 0.1) is 0 Å². The number of nitrogens with one attached hydrogen (secondary N) is 1. The lowest BCUT2D eigenvalue weighted by molar-refractivity contribution is -0.127. The zero-order valence-electron chi connectivity index (χ0n) is 23.7. The molecule has 42 heavy (non-hydrogen) atoms. The third kappa shape index (κ3) is 6.22. The number of rotatable bonds is 9. The smallest absolute Gasteiger partial charge is 0.337 e. The van der Waals surface area contributed by atoms with Crippen LogP contribution in [0.25, 0.3) is 11.0 Å². The van der Waals surface area contributed by atoms with Gasteiger partial charge in [0.1, 0.15) is 18.1 Å². The fraction of sp³-hybridized carbons (Fsp3) is 0.312. The number of hydrogen-bond acceptors (Lipinski definition) is 7. The average molecular weight is 568 g/mol. The largest absolute Gasteiger partial charge is 0.465 e. The second-order valence-electron chi connectivity index (χ2n) is 10.5. The fourth-order valence-electron chi connectivity index (χ4n) is 5.40. The quantitative estimate of drug-likeness (QED) is 0.231. The second kappa shape index (κ2) is 12.8. The first kappa shape index (κ1) is 28.7. The van der Waals surface area contributed by atoms with Gasteiger partial charge < -0.3 is 10.1 Å². The molecule has 10 nitrogen and oxygen atoms in total. The molecular weight excluding hydrogens is 534 g/mol. The van der Waals surface area contributed by atoms with Gasteiger partial charge in [-0.2, -0.15) is 0 Å². The van der Waals surface area contributed by atoms with Crippen LogP contribution in [0.3, 0.4) is 0 Å². The molecule has 0 spiro atoms. The van der Waals surface area contributed by atoms with E-state index in [-0.39, 0.29) is 24.3 Å². The van der Waals surface area contributed by atoms with Crippen LogP contribution in [-0.4, -0.2) is 51.7 Å². The number of benzene rings is 3. The lowest BCUT2D eigenvalue weighted by Gasteiger charge is -2.33. The zero-order valence-corrected chi connectivity index (χ0v) is 23.7. The molecule has 0 unspecified atom stereocenters. The second-order valence-corrected chi connectivity index (χ2v) is 10.5. The average Bonchev–Trinajstić information content (AvgIpc) is 3.42. The molecule has 1 aliphatic rings. The summed E-state index contributed by atoms with van der Waals surface area (Å²) >= 11 is 0. The fourth-order valence-corrected chi connectivity index (χ4v) is 5.40. The van der Waals surface area contributed by atoms with Crippen molar-refractivity contribution >= 4 is 40.3 Å². The Kier molecular flexibility index (Phi) is 8.71. The Labute approximate surface area is 243 Å². The number of hydrogen-bond donors (Lipinski definition) is 1. The summed E-state index contributed by atoms with van der Waals surface area (Å²) < 4.78 is 6.34. The number of ether oxygens (including phenoxy) is 1. The molecule has 0 saturated heterocycles. The van der Waals surface area contributed by atoms with Gasteiger partial charge in [-0.15, -0.1) is 5.10 Å². The Bertz CT molecular complexity index is 1590. The van der Waals surface area contributed by atoms with E-state index >= 15 is 0 Å². The van der Waals surface area contributed by atoms with Crippen molar-refractivity contribution in [2.24, 2.45) is 0 Å². The van der Waals surface area contributed by atoms with Crippen LogP contribution >= 0.6 is 0 Å². The molecule has 1 fully saturated rings. The number of esters is 1. The molecule has 1 aromatic heterocycles. The van der Waals surface area contributed by atoms with Gasteiger partial charge in [0, 0.05) is 17.3 Å². The first-order chi connectivity index (χ1) is 20.4. The summed E-state index contributed by atoms with van der Waals surface area (Å²) in [6, 6.07) is 19.3. The van der Waals surface area contributed by atoms with Gasteiger partial charge in [0.05, 0.1) is 18.2 Å². The van der Waals surface area contributed by atoms with Crippen molar-refractivity contribution in [1.29, 1.82) is 0 Å². The van der Waals surface area contributed by atoms with Crippen molar-refractivity contribution in [2.75, 3.05) is 12.0 Å². The number of fused-ring (bicyclic) bond motifs is 1. The normalized spacial score (nSPS) is 14.2. The lowest BCUT2D eigenvalue weighted by atomic mass is 9.94. The van der Waals surface area contributed by atoms with Crippen LogP contribution in [-0.2, 0) is 20.9 Å². The molecule has 5 rings (SSSR count). The molecule has 0 radical (unpaired) electrons. The molecule has 1 atom stereocenters. The summed E-state index contributed by atoms with van der Waals surface area (Å²) in [5.41, 5.74) is 3.10. The predicted molar refractivity (Wildman–Crippen MR) is 157 cm³/mol. The van der Waals surface area contributed by atoms with Gasteiger partial charge in [-0.25, -0.2) is 9.48 Å². The standard InChI is InChI=1S/C32H33N5O5/c1-21(38)22-16-18-26(19-17-22)37(29(39)20-36-28-11-7-6-10-27(28)34-35-36)30(31(40)33-25-8-4-3-5-9-25)23-12-14-24(15-13-23)32(41)42-2/h6-7,10-19,25,30H,3-5,8-9,20H2,1-2H3,(H,33,40)/t30-/m0/s1. The Hall–Kier alpha value is -4.86. The van der Waals surface area contributed by atoms with Crippen molar-refractivity contribution in [3.63, 3.8) is 0 Å². The highest BCUT2D eigenvalue weighted by molar-refractivity contribution is 6.02. The summed E-state index contributed by atoms with van der Waals surface area (Å²) in [5.74, 6) is -1.35. The Morgan fingerprint density at radius 1 is 0.929 bits per heavy atom.